The molecule has 1 heterocycles. The first-order chi connectivity index (χ1) is 14.9. The molecule has 0 saturated carbocycles. The Hall–Kier alpha value is -3.11. The minimum absolute atomic E-state index is 0.118. The van der Waals surface area contributed by atoms with Crippen molar-refractivity contribution in [2.45, 2.75) is 0 Å². The molecule has 0 atom stereocenters. The number of thiocarbonyl (C=S) groups is 1. The molecule has 2 aromatic rings. The average molecular weight is 464 g/mol. The van der Waals surface area contributed by atoms with Crippen LogP contribution < -0.4 is 28.6 Å². The number of rotatable bonds is 7. The molecule has 8 nitrogen and oxygen atoms in total. The lowest BCUT2D eigenvalue weighted by Crippen LogP contribution is -2.27. The Morgan fingerprint density at radius 1 is 0.871 bits per heavy atom. The molecule has 0 bridgehead atoms. The molecule has 1 N–H and O–H groups in total. The molecule has 1 fully saturated rings. The topological polar surface area (TPSA) is 86.7 Å². The first-order valence-corrected chi connectivity index (χ1v) is 10.1. The zero-order chi connectivity index (χ0) is 22.7. The first-order valence-electron chi connectivity index (χ1n) is 8.91. The second-order valence-corrected chi connectivity index (χ2v) is 7.85. The highest BCUT2D eigenvalue weighted by atomic mass is 32.2. The zero-order valence-corrected chi connectivity index (χ0v) is 19.2. The summed E-state index contributed by atoms with van der Waals surface area (Å²) in [5.74, 6) is 1.25. The van der Waals surface area contributed by atoms with Crippen LogP contribution >= 0.6 is 24.0 Å². The van der Waals surface area contributed by atoms with E-state index >= 15 is 0 Å². The number of phenolic OH excluding ortho intramolecular Hbond substituents is 1. The number of methoxy groups -OCH3 is 5. The molecule has 0 unspecified atom stereocenters. The van der Waals surface area contributed by atoms with Gasteiger partial charge < -0.3 is 28.8 Å². The van der Waals surface area contributed by atoms with Crippen LogP contribution in [0.15, 0.2) is 29.2 Å². The van der Waals surface area contributed by atoms with Crippen molar-refractivity contribution >= 4 is 46.0 Å². The summed E-state index contributed by atoms with van der Waals surface area (Å²) in [6, 6.07) is 6.51. The number of carbonyl (C=O) groups is 1. The van der Waals surface area contributed by atoms with Crippen molar-refractivity contribution in [3.63, 3.8) is 0 Å². The fourth-order valence-corrected chi connectivity index (χ4v) is 4.33. The highest BCUT2D eigenvalue weighted by Crippen LogP contribution is 2.45. The predicted octanol–water partition coefficient (Wildman–Crippen LogP) is 3.84. The fraction of sp³-hybridized carbons (Fsp3) is 0.238. The minimum Gasteiger partial charge on any atom is -0.502 e. The number of thioether (sulfide) groups is 1. The maximum absolute atomic E-state index is 13.2. The molecule has 0 aliphatic carbocycles. The largest absolute Gasteiger partial charge is 0.502 e. The Kier molecular flexibility index (Phi) is 6.81. The van der Waals surface area contributed by atoms with E-state index in [0.717, 1.165) is 11.8 Å². The number of carbonyl (C=O) groups excluding carboxylic acids is 1. The van der Waals surface area contributed by atoms with Crippen LogP contribution in [0, 0.1) is 0 Å². The van der Waals surface area contributed by atoms with E-state index in [0.29, 0.717) is 37.7 Å². The molecule has 0 radical (unpaired) electrons. The van der Waals surface area contributed by atoms with Gasteiger partial charge in [-0.25, -0.2) is 0 Å². The molecular weight excluding hydrogens is 442 g/mol. The molecule has 1 aliphatic rings. The number of ether oxygens (including phenoxy) is 5. The average Bonchev–Trinajstić information content (AvgIpc) is 3.06. The van der Waals surface area contributed by atoms with Crippen LogP contribution in [0.1, 0.15) is 5.56 Å². The normalized spacial score (nSPS) is 14.7. The van der Waals surface area contributed by atoms with Crippen molar-refractivity contribution in [3.8, 4) is 34.5 Å². The van der Waals surface area contributed by atoms with E-state index in [-0.39, 0.29) is 23.2 Å². The van der Waals surface area contributed by atoms with E-state index in [1.165, 1.54) is 40.4 Å². The van der Waals surface area contributed by atoms with Crippen LogP contribution in [0.25, 0.3) is 6.08 Å². The molecule has 31 heavy (non-hydrogen) atoms. The van der Waals surface area contributed by atoms with Gasteiger partial charge in [-0.1, -0.05) is 24.0 Å². The second-order valence-electron chi connectivity index (χ2n) is 6.17. The molecule has 10 heteroatoms. The van der Waals surface area contributed by atoms with E-state index in [4.69, 9.17) is 35.9 Å². The van der Waals surface area contributed by atoms with E-state index in [1.54, 1.807) is 30.3 Å². The fourth-order valence-electron chi connectivity index (χ4n) is 3.04. The first kappa shape index (κ1) is 22.6. The van der Waals surface area contributed by atoms with Gasteiger partial charge >= 0.3 is 0 Å². The zero-order valence-electron chi connectivity index (χ0n) is 17.5. The van der Waals surface area contributed by atoms with Crippen molar-refractivity contribution in [2.75, 3.05) is 40.4 Å². The summed E-state index contributed by atoms with van der Waals surface area (Å²) in [7, 11) is 7.36. The molecule has 1 amide bonds. The van der Waals surface area contributed by atoms with Gasteiger partial charge in [0.15, 0.2) is 27.3 Å². The minimum atomic E-state index is -0.310. The van der Waals surface area contributed by atoms with Gasteiger partial charge in [-0.2, -0.15) is 0 Å². The summed E-state index contributed by atoms with van der Waals surface area (Å²) in [6.45, 7) is 0. The molecule has 0 spiro atoms. The Morgan fingerprint density at radius 2 is 1.39 bits per heavy atom. The molecule has 0 aromatic heterocycles. The highest BCUT2D eigenvalue weighted by Gasteiger charge is 2.34. The number of amides is 1. The Bertz CT molecular complexity index is 1020. The SMILES string of the molecule is COc1cc(/C=C2\SC(=S)N(c3cc(OC)c(OC)c(OC)c3)C2=O)cc(OC)c1O. The molecule has 3 rings (SSSR count). The van der Waals surface area contributed by atoms with Crippen LogP contribution in [-0.4, -0.2) is 50.9 Å². The predicted molar refractivity (Wildman–Crippen MR) is 123 cm³/mol. The van der Waals surface area contributed by atoms with E-state index < -0.39 is 0 Å². The number of hydrogen-bond acceptors (Lipinski definition) is 9. The monoisotopic (exact) mass is 463 g/mol. The second kappa shape index (κ2) is 9.36. The highest BCUT2D eigenvalue weighted by molar-refractivity contribution is 8.27. The number of hydrogen-bond donors (Lipinski definition) is 1. The van der Waals surface area contributed by atoms with Gasteiger partial charge in [0.25, 0.3) is 5.91 Å². The smallest absolute Gasteiger partial charge is 0.270 e. The maximum Gasteiger partial charge on any atom is 0.270 e. The summed E-state index contributed by atoms with van der Waals surface area (Å²) in [5.41, 5.74) is 1.10. The van der Waals surface area contributed by atoms with Crippen LogP contribution in [0.5, 0.6) is 34.5 Å². The summed E-state index contributed by atoms with van der Waals surface area (Å²) < 4.78 is 26.8. The molecule has 164 valence electrons. The lowest BCUT2D eigenvalue weighted by Gasteiger charge is -2.19. The van der Waals surface area contributed by atoms with Gasteiger partial charge in [0, 0.05) is 12.1 Å². The van der Waals surface area contributed by atoms with Crippen molar-refractivity contribution in [1.82, 2.24) is 0 Å². The van der Waals surface area contributed by atoms with Crippen LogP contribution in [0.3, 0.4) is 0 Å². The van der Waals surface area contributed by atoms with Crippen molar-refractivity contribution in [1.29, 1.82) is 0 Å². The summed E-state index contributed by atoms with van der Waals surface area (Å²) in [5, 5.41) is 10.1. The number of nitrogens with zero attached hydrogens (tertiary/aromatic N) is 1. The van der Waals surface area contributed by atoms with Crippen LogP contribution in [0.4, 0.5) is 5.69 Å². The third kappa shape index (κ3) is 4.21. The van der Waals surface area contributed by atoms with Gasteiger partial charge in [0.05, 0.1) is 46.1 Å². The van der Waals surface area contributed by atoms with Gasteiger partial charge in [-0.15, -0.1) is 0 Å². The van der Waals surface area contributed by atoms with E-state index in [1.807, 2.05) is 0 Å². The van der Waals surface area contributed by atoms with Crippen molar-refractivity contribution in [2.24, 2.45) is 0 Å². The summed E-state index contributed by atoms with van der Waals surface area (Å²) in [4.78, 5) is 15.0. The number of aromatic hydroxyl groups is 1. The summed E-state index contributed by atoms with van der Waals surface area (Å²) >= 11 is 6.61. The number of anilines is 1. The van der Waals surface area contributed by atoms with Crippen LogP contribution in [0.2, 0.25) is 0 Å². The van der Waals surface area contributed by atoms with Gasteiger partial charge in [0.2, 0.25) is 11.5 Å². The Morgan fingerprint density at radius 3 is 1.84 bits per heavy atom. The number of benzene rings is 2. The standard InChI is InChI=1S/C21H21NO7S2/c1-25-13-6-11(7-14(26-2)18(13)23)8-17-20(24)22(21(30)31-17)12-9-15(27-3)19(29-5)16(10-12)28-4/h6-10,23H,1-5H3/b17-8-. The summed E-state index contributed by atoms with van der Waals surface area (Å²) in [6.07, 6.45) is 1.65. The third-order valence-corrected chi connectivity index (χ3v) is 5.80. The Labute approximate surface area is 189 Å². The molecule has 1 aliphatic heterocycles. The van der Waals surface area contributed by atoms with Crippen molar-refractivity contribution < 1.29 is 33.6 Å². The van der Waals surface area contributed by atoms with E-state index in [9.17, 15) is 9.90 Å². The third-order valence-electron chi connectivity index (χ3n) is 4.50. The van der Waals surface area contributed by atoms with Gasteiger partial charge in [-0.3, -0.25) is 9.69 Å². The lowest BCUT2D eigenvalue weighted by molar-refractivity contribution is -0.113. The van der Waals surface area contributed by atoms with Crippen LogP contribution in [-0.2, 0) is 4.79 Å². The Balaban J connectivity index is 2.02. The van der Waals surface area contributed by atoms with Gasteiger partial charge in [0.1, 0.15) is 0 Å². The molecule has 1 saturated heterocycles. The molecule has 2 aromatic carbocycles. The maximum atomic E-state index is 13.2. The lowest BCUT2D eigenvalue weighted by atomic mass is 10.1. The van der Waals surface area contributed by atoms with Gasteiger partial charge in [-0.05, 0) is 23.8 Å². The van der Waals surface area contributed by atoms with E-state index in [2.05, 4.69) is 0 Å². The van der Waals surface area contributed by atoms with Crippen molar-refractivity contribution in [3.05, 3.63) is 34.7 Å². The molecular formula is C21H21NO7S2. The number of phenols is 1. The quantitative estimate of drug-likeness (QED) is 0.486.